The molecule has 6 heteroatoms. The SMILES string of the molecule is CCOc1ccccc1CN1CCC2(C1)CN(c1cccc(F)c1)C(=O)CO2. The zero-order valence-corrected chi connectivity index (χ0v) is 16.1. The number of carbonyl (C=O) groups is 1. The highest BCUT2D eigenvalue weighted by Crippen LogP contribution is 2.33. The lowest BCUT2D eigenvalue weighted by Crippen LogP contribution is -2.56. The lowest BCUT2D eigenvalue weighted by molar-refractivity contribution is -0.137. The topological polar surface area (TPSA) is 42.0 Å². The lowest BCUT2D eigenvalue weighted by Gasteiger charge is -2.40. The molecule has 4 rings (SSSR count). The molecule has 2 heterocycles. The fourth-order valence-electron chi connectivity index (χ4n) is 4.08. The Labute approximate surface area is 164 Å². The van der Waals surface area contributed by atoms with Gasteiger partial charge in [-0.3, -0.25) is 9.69 Å². The molecule has 28 heavy (non-hydrogen) atoms. The second kappa shape index (κ2) is 7.89. The van der Waals surface area contributed by atoms with Gasteiger partial charge >= 0.3 is 0 Å². The lowest BCUT2D eigenvalue weighted by atomic mass is 10.00. The van der Waals surface area contributed by atoms with Crippen molar-refractivity contribution in [3.8, 4) is 5.75 Å². The summed E-state index contributed by atoms with van der Waals surface area (Å²) >= 11 is 0. The number of benzene rings is 2. The molecule has 0 N–H and O–H groups in total. The molecule has 2 saturated heterocycles. The van der Waals surface area contributed by atoms with Crippen molar-refractivity contribution < 1.29 is 18.7 Å². The van der Waals surface area contributed by atoms with Gasteiger partial charge in [0.05, 0.1) is 13.2 Å². The summed E-state index contributed by atoms with van der Waals surface area (Å²) in [6, 6.07) is 14.3. The fraction of sp³-hybridized carbons (Fsp3) is 0.409. The molecular weight excluding hydrogens is 359 g/mol. The van der Waals surface area contributed by atoms with Crippen LogP contribution in [0, 0.1) is 5.82 Å². The molecule has 148 valence electrons. The predicted octanol–water partition coefficient (Wildman–Crippen LogP) is 3.23. The van der Waals surface area contributed by atoms with Gasteiger partial charge in [0, 0.05) is 30.9 Å². The van der Waals surface area contributed by atoms with E-state index in [4.69, 9.17) is 9.47 Å². The molecule has 2 aromatic rings. The highest BCUT2D eigenvalue weighted by Gasteiger charge is 2.45. The van der Waals surface area contributed by atoms with Crippen molar-refractivity contribution in [2.24, 2.45) is 0 Å². The number of halogens is 1. The van der Waals surface area contributed by atoms with Crippen molar-refractivity contribution >= 4 is 11.6 Å². The van der Waals surface area contributed by atoms with E-state index in [0.29, 0.717) is 18.8 Å². The molecule has 1 atom stereocenters. The Hall–Kier alpha value is -2.44. The van der Waals surface area contributed by atoms with Crippen LogP contribution in [0.5, 0.6) is 5.75 Å². The smallest absolute Gasteiger partial charge is 0.253 e. The van der Waals surface area contributed by atoms with E-state index < -0.39 is 5.60 Å². The van der Waals surface area contributed by atoms with Crippen LogP contribution in [0.25, 0.3) is 0 Å². The van der Waals surface area contributed by atoms with Gasteiger partial charge < -0.3 is 14.4 Å². The molecule has 0 bridgehead atoms. The maximum atomic E-state index is 13.6. The quantitative estimate of drug-likeness (QED) is 0.794. The number of nitrogens with zero attached hydrogens (tertiary/aromatic N) is 2. The fourth-order valence-corrected chi connectivity index (χ4v) is 4.08. The second-order valence-corrected chi connectivity index (χ2v) is 7.43. The van der Waals surface area contributed by atoms with Gasteiger partial charge in [-0.25, -0.2) is 4.39 Å². The minimum absolute atomic E-state index is 0.0277. The first-order chi connectivity index (χ1) is 13.6. The number of anilines is 1. The first kappa shape index (κ1) is 18.9. The van der Waals surface area contributed by atoms with Crippen LogP contribution in [-0.2, 0) is 16.1 Å². The van der Waals surface area contributed by atoms with E-state index in [1.807, 2.05) is 25.1 Å². The van der Waals surface area contributed by atoms with Crippen LogP contribution in [0.3, 0.4) is 0 Å². The third-order valence-electron chi connectivity index (χ3n) is 5.43. The number of para-hydroxylation sites is 1. The van der Waals surface area contributed by atoms with Gasteiger partial charge in [0.25, 0.3) is 5.91 Å². The maximum Gasteiger partial charge on any atom is 0.253 e. The predicted molar refractivity (Wildman–Crippen MR) is 105 cm³/mol. The van der Waals surface area contributed by atoms with Crippen LogP contribution in [0.1, 0.15) is 18.9 Å². The van der Waals surface area contributed by atoms with Gasteiger partial charge in [0.2, 0.25) is 0 Å². The Morgan fingerprint density at radius 1 is 1.18 bits per heavy atom. The average molecular weight is 384 g/mol. The first-order valence-electron chi connectivity index (χ1n) is 9.71. The minimum atomic E-state index is -0.416. The summed E-state index contributed by atoms with van der Waals surface area (Å²) < 4.78 is 25.4. The van der Waals surface area contributed by atoms with Gasteiger partial charge in [-0.2, -0.15) is 0 Å². The number of carbonyl (C=O) groups excluding carboxylic acids is 1. The van der Waals surface area contributed by atoms with E-state index >= 15 is 0 Å². The van der Waals surface area contributed by atoms with Crippen LogP contribution in [0.2, 0.25) is 0 Å². The number of rotatable bonds is 5. The van der Waals surface area contributed by atoms with Gasteiger partial charge in [-0.1, -0.05) is 24.3 Å². The van der Waals surface area contributed by atoms with E-state index in [0.717, 1.165) is 37.4 Å². The third kappa shape index (κ3) is 3.88. The van der Waals surface area contributed by atoms with Crippen LogP contribution in [-0.4, -0.2) is 49.3 Å². The summed E-state index contributed by atoms with van der Waals surface area (Å²) in [6.45, 7) is 5.47. The molecule has 1 unspecified atom stereocenters. The number of morpholine rings is 1. The van der Waals surface area contributed by atoms with Crippen molar-refractivity contribution in [2.45, 2.75) is 25.5 Å². The van der Waals surface area contributed by atoms with Crippen molar-refractivity contribution in [1.29, 1.82) is 0 Å². The summed E-state index contributed by atoms with van der Waals surface area (Å²) in [7, 11) is 0. The zero-order chi connectivity index (χ0) is 19.6. The summed E-state index contributed by atoms with van der Waals surface area (Å²) in [5.74, 6) is 0.440. The standard InChI is InChI=1S/C22H25FN2O3/c1-2-27-20-9-4-3-6-17(20)13-24-11-10-22(15-24)16-25(21(26)14-28-22)19-8-5-7-18(23)12-19/h3-9,12H,2,10-11,13-16H2,1H3. The van der Waals surface area contributed by atoms with E-state index in [1.54, 1.807) is 17.0 Å². The maximum absolute atomic E-state index is 13.6. The summed E-state index contributed by atoms with van der Waals surface area (Å²) in [5.41, 5.74) is 1.32. The molecule has 1 amide bonds. The molecule has 5 nitrogen and oxygen atoms in total. The highest BCUT2D eigenvalue weighted by atomic mass is 19.1. The van der Waals surface area contributed by atoms with Crippen LogP contribution in [0.15, 0.2) is 48.5 Å². The molecule has 0 radical (unpaired) electrons. The second-order valence-electron chi connectivity index (χ2n) is 7.43. The molecule has 2 aliphatic rings. The molecule has 2 aromatic carbocycles. The Morgan fingerprint density at radius 2 is 2.04 bits per heavy atom. The van der Waals surface area contributed by atoms with E-state index in [9.17, 15) is 9.18 Å². The number of ether oxygens (including phenoxy) is 2. The van der Waals surface area contributed by atoms with E-state index in [1.165, 1.54) is 12.1 Å². The molecule has 2 fully saturated rings. The van der Waals surface area contributed by atoms with E-state index in [-0.39, 0.29) is 18.3 Å². The van der Waals surface area contributed by atoms with Gasteiger partial charge in [-0.05, 0) is 37.6 Å². The summed E-state index contributed by atoms with van der Waals surface area (Å²) in [6.07, 6.45) is 0.836. The zero-order valence-electron chi connectivity index (χ0n) is 16.1. The van der Waals surface area contributed by atoms with Gasteiger partial charge in [-0.15, -0.1) is 0 Å². The van der Waals surface area contributed by atoms with Crippen LogP contribution < -0.4 is 9.64 Å². The van der Waals surface area contributed by atoms with Crippen molar-refractivity contribution in [2.75, 3.05) is 37.7 Å². The summed E-state index contributed by atoms with van der Waals surface area (Å²) in [4.78, 5) is 16.4. The number of hydrogen-bond acceptors (Lipinski definition) is 4. The Morgan fingerprint density at radius 3 is 2.86 bits per heavy atom. The molecule has 2 aliphatic heterocycles. The monoisotopic (exact) mass is 384 g/mol. The molecule has 0 aromatic heterocycles. The number of amides is 1. The van der Waals surface area contributed by atoms with E-state index in [2.05, 4.69) is 11.0 Å². The summed E-state index contributed by atoms with van der Waals surface area (Å²) in [5, 5.41) is 0. The Kier molecular flexibility index (Phi) is 5.33. The van der Waals surface area contributed by atoms with Gasteiger partial charge in [0.15, 0.2) is 0 Å². The largest absolute Gasteiger partial charge is 0.494 e. The van der Waals surface area contributed by atoms with Crippen LogP contribution >= 0.6 is 0 Å². The van der Waals surface area contributed by atoms with Crippen molar-refractivity contribution in [1.82, 2.24) is 4.90 Å². The number of hydrogen-bond donors (Lipinski definition) is 0. The highest BCUT2D eigenvalue weighted by molar-refractivity contribution is 5.95. The average Bonchev–Trinajstić information content (AvgIpc) is 3.08. The Balaban J connectivity index is 1.47. The molecule has 1 spiro atoms. The number of likely N-dealkylation sites (tertiary alicyclic amines) is 1. The Bertz CT molecular complexity index is 859. The van der Waals surface area contributed by atoms with Crippen molar-refractivity contribution in [3.05, 3.63) is 59.9 Å². The molecule has 0 saturated carbocycles. The normalized spacial score (nSPS) is 22.8. The first-order valence-corrected chi connectivity index (χ1v) is 9.71. The van der Waals surface area contributed by atoms with Crippen molar-refractivity contribution in [3.63, 3.8) is 0 Å². The molecule has 0 aliphatic carbocycles. The minimum Gasteiger partial charge on any atom is -0.494 e. The van der Waals surface area contributed by atoms with Gasteiger partial charge in [0.1, 0.15) is 23.8 Å². The molecular formula is C22H25FN2O3. The third-order valence-corrected chi connectivity index (χ3v) is 5.43. The van der Waals surface area contributed by atoms with Crippen LogP contribution in [0.4, 0.5) is 10.1 Å².